The van der Waals surface area contributed by atoms with Gasteiger partial charge in [0.2, 0.25) is 0 Å². The number of hydrogen-bond acceptors (Lipinski definition) is 7. The summed E-state index contributed by atoms with van der Waals surface area (Å²) >= 11 is 0. The van der Waals surface area contributed by atoms with E-state index in [1.54, 1.807) is 0 Å². The molecule has 114 valence electrons. The Bertz CT molecular complexity index is 330. The third kappa shape index (κ3) is 6.40. The molecule has 1 aromatic rings. The molecule has 0 N–H and O–H groups in total. The van der Waals surface area contributed by atoms with Crippen molar-refractivity contribution in [1.82, 2.24) is 15.2 Å². The van der Waals surface area contributed by atoms with Crippen molar-refractivity contribution in [3.63, 3.8) is 0 Å². The SMILES string of the molecule is C1COCCOCc2nnc([n-]2)COCCOCCO1. The van der Waals surface area contributed by atoms with E-state index in [0.29, 0.717) is 77.7 Å². The third-order valence-electron chi connectivity index (χ3n) is 2.49. The van der Waals surface area contributed by atoms with E-state index in [-0.39, 0.29) is 0 Å². The smallest absolute Gasteiger partial charge is 0.0769 e. The molecule has 1 aliphatic rings. The van der Waals surface area contributed by atoms with Crippen LogP contribution in [0.4, 0.5) is 0 Å². The Morgan fingerprint density at radius 1 is 0.550 bits per heavy atom. The van der Waals surface area contributed by atoms with E-state index < -0.39 is 0 Å². The van der Waals surface area contributed by atoms with Crippen LogP contribution >= 0.6 is 0 Å². The highest BCUT2D eigenvalue weighted by molar-refractivity contribution is 4.86. The number of nitrogens with zero attached hydrogens (tertiary/aromatic N) is 3. The predicted molar refractivity (Wildman–Crippen MR) is 67.1 cm³/mol. The minimum atomic E-state index is 0.329. The quantitative estimate of drug-likeness (QED) is 0.633. The highest BCUT2D eigenvalue weighted by Gasteiger charge is 1.97. The maximum atomic E-state index is 5.38. The van der Waals surface area contributed by atoms with Crippen molar-refractivity contribution in [1.29, 1.82) is 0 Å². The molecule has 0 unspecified atom stereocenters. The average molecular weight is 286 g/mol. The lowest BCUT2D eigenvalue weighted by Gasteiger charge is -2.09. The van der Waals surface area contributed by atoms with Gasteiger partial charge in [-0.3, -0.25) is 0 Å². The lowest BCUT2D eigenvalue weighted by atomic mass is 10.6. The summed E-state index contributed by atoms with van der Waals surface area (Å²) in [7, 11) is 0. The molecule has 0 atom stereocenters. The van der Waals surface area contributed by atoms with Crippen LogP contribution in [-0.2, 0) is 36.9 Å². The molecule has 0 aromatic carbocycles. The van der Waals surface area contributed by atoms with Crippen molar-refractivity contribution < 1.29 is 23.7 Å². The van der Waals surface area contributed by atoms with Gasteiger partial charge < -0.3 is 38.9 Å². The summed E-state index contributed by atoms with van der Waals surface area (Å²) in [5.41, 5.74) is 0. The first-order chi connectivity index (χ1) is 9.95. The summed E-state index contributed by atoms with van der Waals surface area (Å²) in [5.74, 6) is 1.12. The van der Waals surface area contributed by atoms with Gasteiger partial charge in [-0.1, -0.05) is 0 Å². The van der Waals surface area contributed by atoms with Crippen LogP contribution in [0, 0.1) is 0 Å². The molecule has 0 saturated heterocycles. The second-order valence-electron chi connectivity index (χ2n) is 4.09. The molecular weight excluding hydrogens is 266 g/mol. The minimum Gasteiger partial charge on any atom is -0.377 e. The van der Waals surface area contributed by atoms with Gasteiger partial charge in [-0.25, -0.2) is 0 Å². The summed E-state index contributed by atoms with van der Waals surface area (Å²) in [5, 5.41) is 7.83. The van der Waals surface area contributed by atoms with Crippen LogP contribution < -0.4 is 4.98 Å². The minimum absolute atomic E-state index is 0.329. The van der Waals surface area contributed by atoms with E-state index in [4.69, 9.17) is 23.7 Å². The molecule has 2 heterocycles. The predicted octanol–water partition coefficient (Wildman–Crippen LogP) is -0.470. The van der Waals surface area contributed by atoms with Crippen molar-refractivity contribution >= 4 is 0 Å². The number of ether oxygens (including phenoxy) is 5. The Kier molecular flexibility index (Phi) is 7.50. The fourth-order valence-corrected chi connectivity index (χ4v) is 1.54. The first-order valence-electron chi connectivity index (χ1n) is 6.69. The zero-order chi connectivity index (χ0) is 13.9. The molecule has 8 heteroatoms. The Morgan fingerprint density at radius 3 is 1.30 bits per heavy atom. The number of rotatable bonds is 0. The van der Waals surface area contributed by atoms with E-state index in [1.807, 2.05) is 0 Å². The van der Waals surface area contributed by atoms with Crippen LogP contribution in [0.15, 0.2) is 0 Å². The number of hydrogen-bond donors (Lipinski definition) is 0. The molecule has 0 aliphatic carbocycles. The number of aromatic nitrogens is 3. The molecule has 0 spiro atoms. The maximum Gasteiger partial charge on any atom is 0.0769 e. The fraction of sp³-hybridized carbons (Fsp3) is 0.833. The van der Waals surface area contributed by atoms with Crippen LogP contribution in [0.2, 0.25) is 0 Å². The zero-order valence-corrected chi connectivity index (χ0v) is 11.5. The van der Waals surface area contributed by atoms with Gasteiger partial charge in [0, 0.05) is 11.6 Å². The van der Waals surface area contributed by atoms with Gasteiger partial charge in [-0.05, 0) is 0 Å². The molecule has 8 nitrogen and oxygen atoms in total. The monoisotopic (exact) mass is 286 g/mol. The Balaban J connectivity index is 1.72. The molecule has 1 aromatic heterocycles. The van der Waals surface area contributed by atoms with Gasteiger partial charge in [-0.15, -0.1) is 0 Å². The van der Waals surface area contributed by atoms with Crippen molar-refractivity contribution in [2.45, 2.75) is 13.2 Å². The van der Waals surface area contributed by atoms with Gasteiger partial charge in [0.05, 0.1) is 66.1 Å². The zero-order valence-electron chi connectivity index (χ0n) is 11.5. The van der Waals surface area contributed by atoms with Crippen LogP contribution in [0.3, 0.4) is 0 Å². The molecule has 1 aliphatic heterocycles. The Morgan fingerprint density at radius 2 is 0.900 bits per heavy atom. The standard InChI is InChI=1S/C12H20N3O5/c1-3-17-5-7-19-9-11-13-12(15-14-11)10-20-8-6-18-4-2-16-1/h1-10H2/q-1. The Labute approximate surface area is 117 Å². The molecule has 0 saturated carbocycles. The van der Waals surface area contributed by atoms with Crippen molar-refractivity contribution in [3.05, 3.63) is 11.6 Å². The van der Waals surface area contributed by atoms with Crippen LogP contribution in [0.1, 0.15) is 11.6 Å². The van der Waals surface area contributed by atoms with Crippen LogP contribution in [-0.4, -0.2) is 63.1 Å². The molecule has 20 heavy (non-hydrogen) atoms. The van der Waals surface area contributed by atoms with E-state index >= 15 is 0 Å². The van der Waals surface area contributed by atoms with Crippen LogP contribution in [0.5, 0.6) is 0 Å². The van der Waals surface area contributed by atoms with E-state index in [2.05, 4.69) is 15.2 Å². The van der Waals surface area contributed by atoms with E-state index in [9.17, 15) is 0 Å². The lowest BCUT2D eigenvalue weighted by molar-refractivity contribution is -0.0152. The number of fused-ring (bicyclic) bond motifs is 2. The van der Waals surface area contributed by atoms with Crippen molar-refractivity contribution in [2.75, 3.05) is 52.9 Å². The molecular formula is C12H20N3O5-. The molecule has 2 bridgehead atoms. The van der Waals surface area contributed by atoms with Gasteiger partial charge in [0.15, 0.2) is 0 Å². The summed E-state index contributed by atoms with van der Waals surface area (Å²) in [6, 6.07) is 0. The summed E-state index contributed by atoms with van der Waals surface area (Å²) in [6.07, 6.45) is 0. The highest BCUT2D eigenvalue weighted by Crippen LogP contribution is 1.96. The molecule has 0 amide bonds. The lowest BCUT2D eigenvalue weighted by Crippen LogP contribution is -2.13. The highest BCUT2D eigenvalue weighted by atomic mass is 16.6. The first kappa shape index (κ1) is 15.3. The normalized spacial score (nSPS) is 21.0. The van der Waals surface area contributed by atoms with Crippen LogP contribution in [0.25, 0.3) is 0 Å². The van der Waals surface area contributed by atoms with E-state index in [1.165, 1.54) is 0 Å². The third-order valence-corrected chi connectivity index (χ3v) is 2.49. The second-order valence-corrected chi connectivity index (χ2v) is 4.09. The van der Waals surface area contributed by atoms with Gasteiger partial charge in [-0.2, -0.15) is 0 Å². The van der Waals surface area contributed by atoms with Gasteiger partial charge >= 0.3 is 0 Å². The summed E-state index contributed by atoms with van der Waals surface area (Å²) < 4.78 is 26.8. The summed E-state index contributed by atoms with van der Waals surface area (Å²) in [4.78, 5) is 4.20. The molecule has 0 radical (unpaired) electrons. The van der Waals surface area contributed by atoms with Crippen molar-refractivity contribution in [3.8, 4) is 0 Å². The topological polar surface area (TPSA) is 86.0 Å². The first-order valence-corrected chi connectivity index (χ1v) is 6.69. The second kappa shape index (κ2) is 9.78. The van der Waals surface area contributed by atoms with Gasteiger partial charge in [0.1, 0.15) is 0 Å². The largest absolute Gasteiger partial charge is 0.377 e. The Hall–Kier alpha value is -1.06. The molecule has 0 fully saturated rings. The fourth-order valence-electron chi connectivity index (χ4n) is 1.54. The average Bonchev–Trinajstić information content (AvgIpc) is 2.90. The maximum absolute atomic E-state index is 5.38. The van der Waals surface area contributed by atoms with E-state index in [0.717, 1.165) is 0 Å². The summed E-state index contributed by atoms with van der Waals surface area (Å²) in [6.45, 7) is 4.88. The van der Waals surface area contributed by atoms with Gasteiger partial charge in [0.25, 0.3) is 0 Å². The molecule has 2 rings (SSSR count). The van der Waals surface area contributed by atoms with Crippen molar-refractivity contribution in [2.24, 2.45) is 0 Å².